The molecule has 1 atom stereocenters. The average Bonchev–Trinajstić information content (AvgIpc) is 2.51. The Morgan fingerprint density at radius 1 is 1.25 bits per heavy atom. The summed E-state index contributed by atoms with van der Waals surface area (Å²) in [7, 11) is 1.65. The fourth-order valence-corrected chi connectivity index (χ4v) is 2.82. The maximum atomic E-state index is 12.6. The minimum atomic E-state index is 0.0818. The second kappa shape index (κ2) is 5.45. The van der Waals surface area contributed by atoms with Gasteiger partial charge in [0.15, 0.2) is 5.78 Å². The van der Waals surface area contributed by atoms with Gasteiger partial charge in [-0.15, -0.1) is 0 Å². The van der Waals surface area contributed by atoms with Crippen LogP contribution in [-0.4, -0.2) is 17.9 Å². The quantitative estimate of drug-likeness (QED) is 0.858. The molecule has 0 saturated heterocycles. The number of aromatic nitrogens is 1. The SMILES string of the molecule is COc1ccc2c(c1)CC[C@H](Cc1ccncc1)C2=O. The van der Waals surface area contributed by atoms with E-state index in [0.29, 0.717) is 0 Å². The summed E-state index contributed by atoms with van der Waals surface area (Å²) in [5.41, 5.74) is 3.15. The first-order chi connectivity index (χ1) is 9.78. The number of fused-ring (bicyclic) bond motifs is 1. The molecule has 1 aliphatic rings. The van der Waals surface area contributed by atoms with Crippen LogP contribution in [-0.2, 0) is 12.8 Å². The smallest absolute Gasteiger partial charge is 0.166 e. The average molecular weight is 267 g/mol. The number of benzene rings is 1. The Kier molecular flexibility index (Phi) is 3.50. The van der Waals surface area contributed by atoms with E-state index in [0.717, 1.165) is 36.1 Å². The van der Waals surface area contributed by atoms with Crippen molar-refractivity contribution in [1.29, 1.82) is 0 Å². The van der Waals surface area contributed by atoms with Crippen molar-refractivity contribution >= 4 is 5.78 Å². The number of methoxy groups -OCH3 is 1. The molecule has 0 saturated carbocycles. The van der Waals surface area contributed by atoms with Crippen molar-refractivity contribution in [1.82, 2.24) is 4.98 Å². The first kappa shape index (κ1) is 12.9. The summed E-state index contributed by atoms with van der Waals surface area (Å²) in [5, 5.41) is 0. The van der Waals surface area contributed by atoms with E-state index in [1.807, 2.05) is 30.3 Å². The van der Waals surface area contributed by atoms with E-state index in [2.05, 4.69) is 4.98 Å². The molecule has 0 spiro atoms. The minimum Gasteiger partial charge on any atom is -0.497 e. The van der Waals surface area contributed by atoms with Gasteiger partial charge in [-0.1, -0.05) is 0 Å². The molecule has 1 heterocycles. The molecule has 102 valence electrons. The van der Waals surface area contributed by atoms with E-state index in [1.54, 1.807) is 19.5 Å². The zero-order valence-electron chi connectivity index (χ0n) is 11.5. The van der Waals surface area contributed by atoms with Crippen LogP contribution in [0.5, 0.6) is 5.75 Å². The van der Waals surface area contributed by atoms with Crippen LogP contribution in [0.3, 0.4) is 0 Å². The molecule has 3 heteroatoms. The molecule has 3 rings (SSSR count). The minimum absolute atomic E-state index is 0.0818. The van der Waals surface area contributed by atoms with E-state index >= 15 is 0 Å². The van der Waals surface area contributed by atoms with Crippen molar-refractivity contribution in [3.63, 3.8) is 0 Å². The number of ether oxygens (including phenoxy) is 1. The lowest BCUT2D eigenvalue weighted by Gasteiger charge is -2.23. The van der Waals surface area contributed by atoms with Gasteiger partial charge in [-0.25, -0.2) is 0 Å². The number of pyridine rings is 1. The van der Waals surface area contributed by atoms with Crippen molar-refractivity contribution in [2.24, 2.45) is 5.92 Å². The van der Waals surface area contributed by atoms with Crippen molar-refractivity contribution in [3.8, 4) is 5.75 Å². The third-order valence-electron chi connectivity index (χ3n) is 3.94. The van der Waals surface area contributed by atoms with Crippen molar-refractivity contribution in [2.45, 2.75) is 19.3 Å². The lowest BCUT2D eigenvalue weighted by molar-refractivity contribution is 0.0901. The zero-order valence-corrected chi connectivity index (χ0v) is 11.5. The number of rotatable bonds is 3. The predicted molar refractivity (Wildman–Crippen MR) is 77.1 cm³/mol. The number of aryl methyl sites for hydroxylation is 1. The molecular weight excluding hydrogens is 250 g/mol. The van der Waals surface area contributed by atoms with Gasteiger partial charge in [0.05, 0.1) is 7.11 Å². The van der Waals surface area contributed by atoms with Gasteiger partial charge in [-0.05, 0) is 60.7 Å². The highest BCUT2D eigenvalue weighted by Gasteiger charge is 2.27. The molecule has 0 unspecified atom stereocenters. The number of ketones is 1. The second-order valence-corrected chi connectivity index (χ2v) is 5.18. The van der Waals surface area contributed by atoms with Gasteiger partial charge in [0.1, 0.15) is 5.75 Å². The maximum Gasteiger partial charge on any atom is 0.166 e. The molecule has 0 bridgehead atoms. The Morgan fingerprint density at radius 2 is 2.05 bits per heavy atom. The molecule has 1 aromatic carbocycles. The maximum absolute atomic E-state index is 12.6. The summed E-state index contributed by atoms with van der Waals surface area (Å²) in [6.07, 6.45) is 6.20. The van der Waals surface area contributed by atoms with Gasteiger partial charge < -0.3 is 4.74 Å². The summed E-state index contributed by atoms with van der Waals surface area (Å²) in [6, 6.07) is 9.71. The number of carbonyl (C=O) groups is 1. The third-order valence-corrected chi connectivity index (χ3v) is 3.94. The lowest BCUT2D eigenvalue weighted by atomic mass is 9.80. The van der Waals surface area contributed by atoms with E-state index in [1.165, 1.54) is 5.56 Å². The normalized spacial score (nSPS) is 17.6. The number of hydrogen-bond donors (Lipinski definition) is 0. The standard InChI is InChI=1S/C17H17NO2/c1-20-15-4-5-16-13(11-15)2-3-14(17(16)19)10-12-6-8-18-9-7-12/h4-9,11,14H,2-3,10H2,1H3/t14-/m1/s1. The topological polar surface area (TPSA) is 39.2 Å². The Morgan fingerprint density at radius 3 is 2.80 bits per heavy atom. The third kappa shape index (κ3) is 2.44. The summed E-state index contributed by atoms with van der Waals surface area (Å²) in [5.74, 6) is 1.16. The van der Waals surface area contributed by atoms with Gasteiger partial charge in [0.25, 0.3) is 0 Å². The molecule has 1 aliphatic carbocycles. The summed E-state index contributed by atoms with van der Waals surface area (Å²) in [6.45, 7) is 0. The first-order valence-corrected chi connectivity index (χ1v) is 6.88. The fourth-order valence-electron chi connectivity index (χ4n) is 2.82. The summed E-state index contributed by atoms with van der Waals surface area (Å²) in [4.78, 5) is 16.6. The van der Waals surface area contributed by atoms with Crippen LogP contribution in [0.2, 0.25) is 0 Å². The van der Waals surface area contributed by atoms with Crippen molar-refractivity contribution < 1.29 is 9.53 Å². The number of nitrogens with zero attached hydrogens (tertiary/aromatic N) is 1. The highest BCUT2D eigenvalue weighted by Crippen LogP contribution is 2.30. The first-order valence-electron chi connectivity index (χ1n) is 6.88. The fraction of sp³-hybridized carbons (Fsp3) is 0.294. The van der Waals surface area contributed by atoms with Crippen molar-refractivity contribution in [2.75, 3.05) is 7.11 Å². The molecule has 0 fully saturated rings. The van der Waals surface area contributed by atoms with Gasteiger partial charge in [-0.3, -0.25) is 9.78 Å². The Hall–Kier alpha value is -2.16. The van der Waals surface area contributed by atoms with E-state index < -0.39 is 0 Å². The van der Waals surface area contributed by atoms with Crippen LogP contribution in [0.25, 0.3) is 0 Å². The molecule has 0 N–H and O–H groups in total. The molecule has 0 radical (unpaired) electrons. The molecule has 20 heavy (non-hydrogen) atoms. The van der Waals surface area contributed by atoms with Gasteiger partial charge in [0.2, 0.25) is 0 Å². The van der Waals surface area contributed by atoms with E-state index in [4.69, 9.17) is 4.74 Å². The van der Waals surface area contributed by atoms with Crippen LogP contribution < -0.4 is 4.74 Å². The van der Waals surface area contributed by atoms with Crippen LogP contribution >= 0.6 is 0 Å². The monoisotopic (exact) mass is 267 g/mol. The van der Waals surface area contributed by atoms with Gasteiger partial charge in [-0.2, -0.15) is 0 Å². The predicted octanol–water partition coefficient (Wildman–Crippen LogP) is 3.08. The molecule has 0 amide bonds. The number of Topliss-reactive ketones (excluding diaryl/α,β-unsaturated/α-hetero) is 1. The Balaban J connectivity index is 1.82. The van der Waals surface area contributed by atoms with Crippen LogP contribution in [0.4, 0.5) is 0 Å². The van der Waals surface area contributed by atoms with Crippen LogP contribution in [0.15, 0.2) is 42.7 Å². The zero-order chi connectivity index (χ0) is 13.9. The number of hydrogen-bond acceptors (Lipinski definition) is 3. The highest BCUT2D eigenvalue weighted by molar-refractivity contribution is 6.00. The molecule has 2 aromatic rings. The lowest BCUT2D eigenvalue weighted by Crippen LogP contribution is -2.24. The molecular formula is C17H17NO2. The Bertz CT molecular complexity index is 622. The van der Waals surface area contributed by atoms with Crippen molar-refractivity contribution in [3.05, 3.63) is 59.4 Å². The molecule has 3 nitrogen and oxygen atoms in total. The Labute approximate surface area is 118 Å². The van der Waals surface area contributed by atoms with Crippen LogP contribution in [0.1, 0.15) is 27.9 Å². The highest BCUT2D eigenvalue weighted by atomic mass is 16.5. The molecule has 1 aromatic heterocycles. The largest absolute Gasteiger partial charge is 0.497 e. The summed E-state index contributed by atoms with van der Waals surface area (Å²) >= 11 is 0. The molecule has 0 aliphatic heterocycles. The van der Waals surface area contributed by atoms with E-state index in [-0.39, 0.29) is 11.7 Å². The number of carbonyl (C=O) groups excluding carboxylic acids is 1. The van der Waals surface area contributed by atoms with Gasteiger partial charge >= 0.3 is 0 Å². The van der Waals surface area contributed by atoms with Gasteiger partial charge in [0, 0.05) is 23.9 Å². The van der Waals surface area contributed by atoms with Crippen LogP contribution in [0, 0.1) is 5.92 Å². The second-order valence-electron chi connectivity index (χ2n) is 5.18. The summed E-state index contributed by atoms with van der Waals surface area (Å²) < 4.78 is 5.22. The van der Waals surface area contributed by atoms with E-state index in [9.17, 15) is 4.79 Å².